The van der Waals surface area contributed by atoms with E-state index in [-0.39, 0.29) is 11.7 Å². The van der Waals surface area contributed by atoms with Crippen molar-refractivity contribution >= 4 is 11.4 Å². The van der Waals surface area contributed by atoms with E-state index in [0.29, 0.717) is 18.1 Å². The Hall–Kier alpha value is -2.96. The Morgan fingerprint density at radius 2 is 1.78 bits per heavy atom. The minimum absolute atomic E-state index is 0.0663. The standard InChI is InChI=1S/C33H41NO2/c1-6-26(7-2)32(19-23(3)22-36-5)31-20-30(14-11-24(31)4)33(35)29-10-8-9-27(17-18-29)28-15-12-25(21-34)13-16-28/h11-16,20,27,29H,3,6-10,17-19,22H2,1-2,4-5H3. The summed E-state index contributed by atoms with van der Waals surface area (Å²) < 4.78 is 5.33. The van der Waals surface area contributed by atoms with E-state index in [1.165, 1.54) is 27.8 Å². The fourth-order valence-corrected chi connectivity index (χ4v) is 5.66. The molecule has 1 aliphatic carbocycles. The molecule has 2 unspecified atom stereocenters. The number of ketones is 1. The number of nitriles is 1. The van der Waals surface area contributed by atoms with Crippen LogP contribution in [0.4, 0.5) is 0 Å². The van der Waals surface area contributed by atoms with Crippen LogP contribution in [0.1, 0.15) is 104 Å². The van der Waals surface area contributed by atoms with Gasteiger partial charge in [0.1, 0.15) is 0 Å². The second-order valence-electron chi connectivity index (χ2n) is 10.2. The number of hydrogen-bond donors (Lipinski definition) is 0. The van der Waals surface area contributed by atoms with E-state index in [2.05, 4.69) is 57.7 Å². The molecule has 190 valence electrons. The van der Waals surface area contributed by atoms with Crippen molar-refractivity contribution in [2.45, 2.75) is 78.1 Å². The summed E-state index contributed by atoms with van der Waals surface area (Å²) in [6.45, 7) is 11.3. The number of carbonyl (C=O) groups excluding carboxylic acids is 1. The molecule has 1 saturated carbocycles. The summed E-state index contributed by atoms with van der Waals surface area (Å²) >= 11 is 0. The number of carbonyl (C=O) groups is 1. The Morgan fingerprint density at radius 3 is 2.42 bits per heavy atom. The highest BCUT2D eigenvalue weighted by atomic mass is 16.5. The van der Waals surface area contributed by atoms with Crippen molar-refractivity contribution in [3.05, 3.63) is 88.0 Å². The van der Waals surface area contributed by atoms with Gasteiger partial charge < -0.3 is 4.74 Å². The first-order valence-electron chi connectivity index (χ1n) is 13.4. The maximum atomic E-state index is 13.7. The molecule has 2 aromatic rings. The molecule has 2 atom stereocenters. The van der Waals surface area contributed by atoms with Crippen molar-refractivity contribution in [1.82, 2.24) is 0 Å². The Kier molecular flexibility index (Phi) is 10.3. The summed E-state index contributed by atoms with van der Waals surface area (Å²) in [5.74, 6) is 0.806. The number of nitrogens with zero attached hydrogens (tertiary/aromatic N) is 1. The lowest BCUT2D eigenvalue weighted by molar-refractivity contribution is 0.0907. The Bertz CT molecular complexity index is 1130. The molecule has 0 N–H and O–H groups in total. The molecular formula is C33H41NO2. The molecule has 0 bridgehead atoms. The Morgan fingerprint density at radius 1 is 1.06 bits per heavy atom. The number of aryl methyl sites for hydroxylation is 1. The first-order chi connectivity index (χ1) is 17.4. The summed E-state index contributed by atoms with van der Waals surface area (Å²) in [5, 5.41) is 9.08. The summed E-state index contributed by atoms with van der Waals surface area (Å²) in [5.41, 5.74) is 8.98. The van der Waals surface area contributed by atoms with Crippen molar-refractivity contribution < 1.29 is 9.53 Å². The number of rotatable bonds is 10. The van der Waals surface area contributed by atoms with Crippen molar-refractivity contribution in [2.75, 3.05) is 13.7 Å². The highest BCUT2D eigenvalue weighted by Gasteiger charge is 2.26. The van der Waals surface area contributed by atoms with E-state index in [9.17, 15) is 4.79 Å². The number of allylic oxidation sites excluding steroid dienone is 2. The first-order valence-corrected chi connectivity index (χ1v) is 13.4. The van der Waals surface area contributed by atoms with E-state index >= 15 is 0 Å². The maximum absolute atomic E-state index is 13.7. The molecule has 2 aromatic carbocycles. The van der Waals surface area contributed by atoms with Gasteiger partial charge in [-0.1, -0.05) is 56.7 Å². The van der Waals surface area contributed by atoms with Gasteiger partial charge in [-0.15, -0.1) is 0 Å². The SMILES string of the molecule is C=C(COC)CC(=C(CC)CC)c1cc(C(=O)C2CCCC(c3ccc(C#N)cc3)CC2)ccc1C. The van der Waals surface area contributed by atoms with E-state index in [1.54, 1.807) is 7.11 Å². The zero-order chi connectivity index (χ0) is 26.1. The predicted octanol–water partition coefficient (Wildman–Crippen LogP) is 8.58. The van der Waals surface area contributed by atoms with E-state index in [4.69, 9.17) is 10.00 Å². The second-order valence-corrected chi connectivity index (χ2v) is 10.2. The molecule has 1 fully saturated rings. The summed E-state index contributed by atoms with van der Waals surface area (Å²) in [4.78, 5) is 13.7. The van der Waals surface area contributed by atoms with Gasteiger partial charge in [0.25, 0.3) is 0 Å². The number of hydrogen-bond acceptors (Lipinski definition) is 3. The van der Waals surface area contributed by atoms with E-state index in [1.807, 2.05) is 18.2 Å². The van der Waals surface area contributed by atoms with Gasteiger partial charge >= 0.3 is 0 Å². The van der Waals surface area contributed by atoms with Crippen LogP contribution in [-0.4, -0.2) is 19.5 Å². The monoisotopic (exact) mass is 483 g/mol. The third kappa shape index (κ3) is 6.83. The van der Waals surface area contributed by atoms with Crippen LogP contribution in [-0.2, 0) is 4.74 Å². The lowest BCUT2D eigenvalue weighted by Gasteiger charge is -2.20. The van der Waals surface area contributed by atoms with Crippen molar-refractivity contribution in [3.63, 3.8) is 0 Å². The fraction of sp³-hybridized carbons (Fsp3) is 0.455. The molecular weight excluding hydrogens is 442 g/mol. The summed E-state index contributed by atoms with van der Waals surface area (Å²) in [7, 11) is 1.71. The van der Waals surface area contributed by atoms with Crippen molar-refractivity contribution in [1.29, 1.82) is 5.26 Å². The molecule has 0 amide bonds. The number of Topliss-reactive ketones (excluding diaryl/α,β-unsaturated/α-hetero) is 1. The topological polar surface area (TPSA) is 50.1 Å². The highest BCUT2D eigenvalue weighted by molar-refractivity contribution is 5.99. The van der Waals surface area contributed by atoms with Gasteiger partial charge in [-0.05, 0) is 104 Å². The van der Waals surface area contributed by atoms with Gasteiger partial charge in [-0.25, -0.2) is 0 Å². The molecule has 3 nitrogen and oxygen atoms in total. The normalized spacial score (nSPS) is 17.6. The highest BCUT2D eigenvalue weighted by Crippen LogP contribution is 2.37. The first kappa shape index (κ1) is 27.6. The van der Waals surface area contributed by atoms with Crippen LogP contribution in [0.25, 0.3) is 5.57 Å². The number of ether oxygens (including phenoxy) is 1. The maximum Gasteiger partial charge on any atom is 0.165 e. The molecule has 0 aliphatic heterocycles. The Labute approximate surface area is 217 Å². The quantitative estimate of drug-likeness (QED) is 0.193. The average Bonchev–Trinajstić information content (AvgIpc) is 3.15. The average molecular weight is 484 g/mol. The molecule has 3 rings (SSSR count). The van der Waals surface area contributed by atoms with Crippen LogP contribution in [0.5, 0.6) is 0 Å². The zero-order valence-corrected chi connectivity index (χ0v) is 22.5. The Balaban J connectivity index is 1.82. The van der Waals surface area contributed by atoms with Gasteiger partial charge in [-0.3, -0.25) is 4.79 Å². The molecule has 0 spiro atoms. The van der Waals surface area contributed by atoms with Crippen molar-refractivity contribution in [3.8, 4) is 6.07 Å². The summed E-state index contributed by atoms with van der Waals surface area (Å²) in [6.07, 6.45) is 7.77. The molecule has 0 saturated heterocycles. The fourth-order valence-electron chi connectivity index (χ4n) is 5.66. The molecule has 0 aromatic heterocycles. The van der Waals surface area contributed by atoms with Crippen LogP contribution in [0, 0.1) is 24.2 Å². The van der Waals surface area contributed by atoms with Crippen molar-refractivity contribution in [2.24, 2.45) is 5.92 Å². The third-order valence-corrected chi connectivity index (χ3v) is 7.75. The van der Waals surface area contributed by atoms with Gasteiger partial charge in [0.05, 0.1) is 18.2 Å². The van der Waals surface area contributed by atoms with Gasteiger partial charge in [0.15, 0.2) is 5.78 Å². The molecule has 36 heavy (non-hydrogen) atoms. The molecule has 0 heterocycles. The lowest BCUT2D eigenvalue weighted by Crippen LogP contribution is -2.15. The van der Waals surface area contributed by atoms with E-state index in [0.717, 1.165) is 62.5 Å². The number of methoxy groups -OCH3 is 1. The molecule has 0 radical (unpaired) electrons. The van der Waals surface area contributed by atoms with E-state index < -0.39 is 0 Å². The van der Waals surface area contributed by atoms with Crippen LogP contribution in [0.3, 0.4) is 0 Å². The van der Waals surface area contributed by atoms with Crippen LogP contribution < -0.4 is 0 Å². The van der Waals surface area contributed by atoms with Gasteiger partial charge in [0.2, 0.25) is 0 Å². The van der Waals surface area contributed by atoms with Gasteiger partial charge in [-0.2, -0.15) is 5.26 Å². The summed E-state index contributed by atoms with van der Waals surface area (Å²) in [6, 6.07) is 16.5. The van der Waals surface area contributed by atoms with Crippen LogP contribution >= 0.6 is 0 Å². The molecule has 3 heteroatoms. The third-order valence-electron chi connectivity index (χ3n) is 7.75. The van der Waals surface area contributed by atoms with Crippen LogP contribution in [0.15, 0.2) is 60.2 Å². The minimum Gasteiger partial charge on any atom is -0.380 e. The van der Waals surface area contributed by atoms with Gasteiger partial charge in [0, 0.05) is 18.6 Å². The largest absolute Gasteiger partial charge is 0.380 e. The second kappa shape index (κ2) is 13.4. The van der Waals surface area contributed by atoms with Crippen LogP contribution in [0.2, 0.25) is 0 Å². The zero-order valence-electron chi connectivity index (χ0n) is 22.5. The number of benzene rings is 2. The lowest BCUT2D eigenvalue weighted by atomic mass is 9.85. The minimum atomic E-state index is 0.0663. The molecule has 1 aliphatic rings. The predicted molar refractivity (Wildman–Crippen MR) is 149 cm³/mol. The smallest absolute Gasteiger partial charge is 0.165 e.